The first kappa shape index (κ1) is 18.2. The molecule has 0 radical (unpaired) electrons. The molecule has 0 saturated carbocycles. The van der Waals surface area contributed by atoms with Crippen LogP contribution in [0.25, 0.3) is 11.1 Å². The maximum absolute atomic E-state index is 12.2. The minimum Gasteiger partial charge on any atom is -0.368 e. The number of hydrogen-bond acceptors (Lipinski definition) is 3. The summed E-state index contributed by atoms with van der Waals surface area (Å²) in [6, 6.07) is 17.2. The summed E-state index contributed by atoms with van der Waals surface area (Å²) in [6.45, 7) is 4.70. The van der Waals surface area contributed by atoms with Crippen LogP contribution in [0, 0.1) is 0 Å². The van der Waals surface area contributed by atoms with Gasteiger partial charge in [-0.3, -0.25) is 9.69 Å². The van der Waals surface area contributed by atoms with Crippen molar-refractivity contribution in [2.45, 2.75) is 44.9 Å². The Kier molecular flexibility index (Phi) is 5.85. The fourth-order valence-corrected chi connectivity index (χ4v) is 4.03. The van der Waals surface area contributed by atoms with E-state index in [1.165, 1.54) is 42.6 Å². The monoisotopic (exact) mass is 364 g/mol. The van der Waals surface area contributed by atoms with Crippen LogP contribution in [0.3, 0.4) is 0 Å². The first-order valence-electron chi connectivity index (χ1n) is 10.1. The predicted octanol–water partition coefficient (Wildman–Crippen LogP) is 3.74. The molecule has 1 N–H and O–H groups in total. The van der Waals surface area contributed by atoms with Gasteiger partial charge in [0.05, 0.1) is 0 Å². The summed E-state index contributed by atoms with van der Waals surface area (Å²) < 4.78 is 5.47. The van der Waals surface area contributed by atoms with Crippen molar-refractivity contribution in [2.24, 2.45) is 0 Å². The number of likely N-dealkylation sites (tertiary alicyclic amines) is 1. The van der Waals surface area contributed by atoms with Crippen LogP contribution in [0.15, 0.2) is 48.5 Å². The van der Waals surface area contributed by atoms with Gasteiger partial charge in [-0.1, -0.05) is 48.5 Å². The predicted molar refractivity (Wildman–Crippen MR) is 107 cm³/mol. The minimum absolute atomic E-state index is 0.00302. The van der Waals surface area contributed by atoms with E-state index in [4.69, 9.17) is 4.74 Å². The molecule has 4 rings (SSSR count). The topological polar surface area (TPSA) is 41.6 Å². The lowest BCUT2D eigenvalue weighted by atomic mass is 9.98. The lowest BCUT2D eigenvalue weighted by Crippen LogP contribution is -2.33. The number of hydrogen-bond donors (Lipinski definition) is 1. The lowest BCUT2D eigenvalue weighted by molar-refractivity contribution is -0.130. The molecule has 1 amide bonds. The van der Waals surface area contributed by atoms with E-state index in [9.17, 15) is 4.79 Å². The molecule has 2 aliphatic heterocycles. The van der Waals surface area contributed by atoms with E-state index in [0.717, 1.165) is 24.9 Å². The summed E-state index contributed by atoms with van der Waals surface area (Å²) in [5, 5.41) is 3.04. The first-order chi connectivity index (χ1) is 13.3. The van der Waals surface area contributed by atoms with Gasteiger partial charge in [-0.15, -0.1) is 0 Å². The number of benzene rings is 2. The summed E-state index contributed by atoms with van der Waals surface area (Å²) in [6.07, 6.45) is 4.17. The number of ether oxygens (including phenoxy) is 1. The SMILES string of the molecule is O=C(NCc1ccccc1-c1ccc(CN2CCCC2)cc1)[C@@H]1CCCO1. The number of carbonyl (C=O) groups excluding carboxylic acids is 1. The summed E-state index contributed by atoms with van der Waals surface area (Å²) in [7, 11) is 0. The fourth-order valence-electron chi connectivity index (χ4n) is 4.03. The van der Waals surface area contributed by atoms with Crippen LogP contribution < -0.4 is 5.32 Å². The highest BCUT2D eigenvalue weighted by molar-refractivity contribution is 5.81. The standard InChI is InChI=1S/C23H28N2O2/c26-23(22-8-5-15-27-22)24-16-20-6-1-2-7-21(20)19-11-9-18(10-12-19)17-25-13-3-4-14-25/h1-2,6-7,9-12,22H,3-5,8,13-17H2,(H,24,26)/t22-/m0/s1. The van der Waals surface area contributed by atoms with Gasteiger partial charge in [0, 0.05) is 19.7 Å². The zero-order valence-corrected chi connectivity index (χ0v) is 15.8. The molecule has 0 aromatic heterocycles. The molecule has 4 nitrogen and oxygen atoms in total. The van der Waals surface area contributed by atoms with E-state index in [0.29, 0.717) is 13.2 Å². The lowest BCUT2D eigenvalue weighted by Gasteiger charge is -2.16. The molecular weight excluding hydrogens is 336 g/mol. The maximum Gasteiger partial charge on any atom is 0.249 e. The van der Waals surface area contributed by atoms with E-state index in [2.05, 4.69) is 52.7 Å². The number of amides is 1. The summed E-state index contributed by atoms with van der Waals surface area (Å²) >= 11 is 0. The van der Waals surface area contributed by atoms with Crippen molar-refractivity contribution in [1.82, 2.24) is 10.2 Å². The Balaban J connectivity index is 1.42. The first-order valence-corrected chi connectivity index (χ1v) is 10.1. The summed E-state index contributed by atoms with van der Waals surface area (Å²) in [4.78, 5) is 14.8. The second-order valence-electron chi connectivity index (χ2n) is 7.56. The molecule has 2 saturated heterocycles. The molecular formula is C23H28N2O2. The Morgan fingerprint density at radius 2 is 1.81 bits per heavy atom. The van der Waals surface area contributed by atoms with E-state index >= 15 is 0 Å². The normalized spacial score (nSPS) is 20.1. The van der Waals surface area contributed by atoms with Gasteiger partial charge in [0.1, 0.15) is 6.10 Å². The molecule has 27 heavy (non-hydrogen) atoms. The molecule has 2 aromatic carbocycles. The zero-order valence-electron chi connectivity index (χ0n) is 15.8. The molecule has 1 atom stereocenters. The average molecular weight is 364 g/mol. The van der Waals surface area contributed by atoms with Crippen LogP contribution in [0.1, 0.15) is 36.8 Å². The van der Waals surface area contributed by atoms with Crippen LogP contribution in [0.4, 0.5) is 0 Å². The quantitative estimate of drug-likeness (QED) is 0.849. The van der Waals surface area contributed by atoms with Crippen molar-refractivity contribution in [1.29, 1.82) is 0 Å². The molecule has 0 unspecified atom stereocenters. The highest BCUT2D eigenvalue weighted by atomic mass is 16.5. The average Bonchev–Trinajstić information content (AvgIpc) is 3.41. The summed E-state index contributed by atoms with van der Waals surface area (Å²) in [5.74, 6) is 0.00302. The molecule has 0 spiro atoms. The van der Waals surface area contributed by atoms with Gasteiger partial charge >= 0.3 is 0 Å². The minimum atomic E-state index is -0.276. The van der Waals surface area contributed by atoms with Crippen LogP contribution >= 0.6 is 0 Å². The van der Waals surface area contributed by atoms with Gasteiger partial charge in [-0.25, -0.2) is 0 Å². The molecule has 2 fully saturated rings. The zero-order chi connectivity index (χ0) is 18.5. The van der Waals surface area contributed by atoms with Gasteiger partial charge in [-0.05, 0) is 61.0 Å². The smallest absolute Gasteiger partial charge is 0.249 e. The van der Waals surface area contributed by atoms with Gasteiger partial charge in [0.2, 0.25) is 5.91 Å². The third kappa shape index (κ3) is 4.57. The molecule has 0 bridgehead atoms. The van der Waals surface area contributed by atoms with E-state index in [1.807, 2.05) is 6.07 Å². The second-order valence-corrected chi connectivity index (χ2v) is 7.56. The highest BCUT2D eigenvalue weighted by Gasteiger charge is 2.23. The van der Waals surface area contributed by atoms with Crippen molar-refractivity contribution in [2.75, 3.05) is 19.7 Å². The molecule has 2 aliphatic rings. The Labute approximate surface area is 161 Å². The number of rotatable bonds is 6. The molecule has 4 heteroatoms. The molecule has 2 heterocycles. The van der Waals surface area contributed by atoms with Gasteiger partial charge in [-0.2, -0.15) is 0 Å². The highest BCUT2D eigenvalue weighted by Crippen LogP contribution is 2.25. The Hall–Kier alpha value is -2.17. The van der Waals surface area contributed by atoms with Crippen LogP contribution in [-0.4, -0.2) is 36.6 Å². The van der Waals surface area contributed by atoms with E-state index in [1.54, 1.807) is 0 Å². The van der Waals surface area contributed by atoms with Crippen LogP contribution in [0.5, 0.6) is 0 Å². The van der Waals surface area contributed by atoms with Gasteiger partial charge < -0.3 is 10.1 Å². The Bertz CT molecular complexity index is 760. The van der Waals surface area contributed by atoms with Crippen molar-refractivity contribution in [3.8, 4) is 11.1 Å². The summed E-state index contributed by atoms with van der Waals surface area (Å²) in [5.41, 5.74) is 4.88. The molecule has 142 valence electrons. The molecule has 2 aromatic rings. The van der Waals surface area contributed by atoms with E-state index in [-0.39, 0.29) is 12.0 Å². The van der Waals surface area contributed by atoms with Crippen molar-refractivity contribution in [3.05, 3.63) is 59.7 Å². The fraction of sp³-hybridized carbons (Fsp3) is 0.435. The van der Waals surface area contributed by atoms with Crippen molar-refractivity contribution in [3.63, 3.8) is 0 Å². The third-order valence-electron chi connectivity index (χ3n) is 5.56. The number of nitrogens with zero attached hydrogens (tertiary/aromatic N) is 1. The van der Waals surface area contributed by atoms with Gasteiger partial charge in [0.25, 0.3) is 0 Å². The van der Waals surface area contributed by atoms with Crippen LogP contribution in [-0.2, 0) is 22.6 Å². The Morgan fingerprint density at radius 1 is 1.04 bits per heavy atom. The maximum atomic E-state index is 12.2. The second kappa shape index (κ2) is 8.68. The van der Waals surface area contributed by atoms with Crippen molar-refractivity contribution < 1.29 is 9.53 Å². The van der Waals surface area contributed by atoms with Gasteiger partial charge in [0.15, 0.2) is 0 Å². The largest absolute Gasteiger partial charge is 0.368 e. The molecule has 0 aliphatic carbocycles. The number of nitrogens with one attached hydrogen (secondary N) is 1. The van der Waals surface area contributed by atoms with Crippen LogP contribution in [0.2, 0.25) is 0 Å². The number of carbonyl (C=O) groups is 1. The van der Waals surface area contributed by atoms with Crippen molar-refractivity contribution >= 4 is 5.91 Å². The van der Waals surface area contributed by atoms with E-state index < -0.39 is 0 Å². The Morgan fingerprint density at radius 3 is 2.56 bits per heavy atom. The third-order valence-corrected chi connectivity index (χ3v) is 5.56.